The van der Waals surface area contributed by atoms with Gasteiger partial charge in [-0.05, 0) is 166 Å². The van der Waals surface area contributed by atoms with Crippen LogP contribution in [0.4, 0.5) is 26.3 Å². The van der Waals surface area contributed by atoms with E-state index >= 15 is 0 Å². The van der Waals surface area contributed by atoms with E-state index in [-0.39, 0.29) is 0 Å². The Morgan fingerprint density at radius 2 is 0.603 bits per heavy atom. The van der Waals surface area contributed by atoms with Crippen molar-refractivity contribution in [3.05, 3.63) is 89.5 Å². The van der Waals surface area contributed by atoms with Gasteiger partial charge >= 0.3 is 0 Å². The third kappa shape index (κ3) is 21.6. The van der Waals surface area contributed by atoms with Crippen LogP contribution in [-0.2, 0) is 0 Å². The third-order valence-corrected chi connectivity index (χ3v) is 16.1. The van der Waals surface area contributed by atoms with Crippen molar-refractivity contribution in [2.45, 2.75) is 225 Å². The molecule has 0 aliphatic heterocycles. The van der Waals surface area contributed by atoms with Crippen LogP contribution in [0.5, 0.6) is 0 Å². The van der Waals surface area contributed by atoms with Crippen molar-refractivity contribution in [1.82, 2.24) is 0 Å². The zero-order chi connectivity index (χ0) is 45.2. The van der Waals surface area contributed by atoms with Crippen molar-refractivity contribution in [3.63, 3.8) is 0 Å². The molecule has 0 N–H and O–H groups in total. The normalized spacial score (nSPS) is 22.7. The molecule has 0 amide bonds. The van der Waals surface area contributed by atoms with E-state index in [4.69, 9.17) is 0 Å². The summed E-state index contributed by atoms with van der Waals surface area (Å²) in [7, 11) is 0. The van der Waals surface area contributed by atoms with Gasteiger partial charge in [-0.3, -0.25) is 0 Å². The van der Waals surface area contributed by atoms with E-state index in [1.54, 1.807) is 0 Å². The van der Waals surface area contributed by atoms with Crippen LogP contribution in [-0.4, -0.2) is 17.3 Å². The highest BCUT2D eigenvalue weighted by molar-refractivity contribution is 8.00. The van der Waals surface area contributed by atoms with E-state index in [0.717, 1.165) is 17.8 Å². The molecule has 9 heteroatoms. The molecule has 63 heavy (non-hydrogen) atoms. The first kappa shape index (κ1) is 53.9. The molecule has 0 bridgehead atoms. The second-order valence-electron chi connectivity index (χ2n) is 18.5. The molecule has 0 saturated heterocycles. The first-order valence-corrected chi connectivity index (χ1v) is 27.3. The minimum absolute atomic E-state index is 0.630. The van der Waals surface area contributed by atoms with Gasteiger partial charge in [0.15, 0.2) is 0 Å². The number of halogens is 6. The fraction of sp³-hybridized carbons (Fsp3) is 0.667. The van der Waals surface area contributed by atoms with Crippen LogP contribution in [0.2, 0.25) is 0 Å². The van der Waals surface area contributed by atoms with Crippen molar-refractivity contribution in [3.8, 4) is 0 Å². The van der Waals surface area contributed by atoms with Gasteiger partial charge in [-0.2, -0.15) is 26.3 Å². The van der Waals surface area contributed by atoms with E-state index in [1.807, 2.05) is 60.7 Å². The van der Waals surface area contributed by atoms with Gasteiger partial charge in [0.25, 0.3) is 17.3 Å². The van der Waals surface area contributed by atoms with E-state index < -0.39 is 17.3 Å². The third-order valence-electron chi connectivity index (χ3n) is 13.9. The second-order valence-corrected chi connectivity index (χ2v) is 21.7. The summed E-state index contributed by atoms with van der Waals surface area (Å²) < 4.78 is 73.8. The lowest BCUT2D eigenvalue weighted by Crippen LogP contribution is -2.13. The van der Waals surface area contributed by atoms with E-state index in [0.29, 0.717) is 67.7 Å². The van der Waals surface area contributed by atoms with Crippen LogP contribution in [0.25, 0.3) is 0 Å². The van der Waals surface area contributed by atoms with Crippen molar-refractivity contribution in [2.75, 3.05) is 0 Å². The van der Waals surface area contributed by atoms with Crippen LogP contribution < -0.4 is 0 Å². The summed E-state index contributed by atoms with van der Waals surface area (Å²) in [5, 5.41) is 0. The Morgan fingerprint density at radius 1 is 0.349 bits per heavy atom. The predicted molar refractivity (Wildman–Crippen MR) is 261 cm³/mol. The Labute approximate surface area is 391 Å². The molecule has 3 aliphatic carbocycles. The van der Waals surface area contributed by atoms with Gasteiger partial charge in [-0.25, -0.2) is 0 Å². The molecular formula is C54H78F6S3. The van der Waals surface area contributed by atoms with Crippen LogP contribution >= 0.6 is 35.3 Å². The molecule has 0 aromatic heterocycles. The SMILES string of the molecule is CCCCC1CCC(c2ccc(SC(F)F)cc2)CC1.CCCCCC1CCC(c2ccc(SC(F)F)cc2)CC1.CCCCCCC1CCC(c2ccc(SC(F)F)cc2)CC1. The first-order chi connectivity index (χ1) is 30.6. The number of thioether (sulfide) groups is 3. The molecule has 0 nitrogen and oxygen atoms in total. The highest BCUT2D eigenvalue weighted by atomic mass is 32.2. The first-order valence-electron chi connectivity index (χ1n) is 24.7. The smallest absolute Gasteiger partial charge is 0.198 e. The van der Waals surface area contributed by atoms with Crippen molar-refractivity contribution in [2.24, 2.45) is 17.8 Å². The summed E-state index contributed by atoms with van der Waals surface area (Å²) in [6.45, 7) is 6.77. The number of hydrogen-bond donors (Lipinski definition) is 0. The van der Waals surface area contributed by atoms with Crippen LogP contribution in [0.3, 0.4) is 0 Å². The molecule has 3 aliphatic rings. The zero-order valence-electron chi connectivity index (χ0n) is 38.6. The highest BCUT2D eigenvalue weighted by Gasteiger charge is 2.24. The molecule has 3 saturated carbocycles. The number of hydrogen-bond acceptors (Lipinski definition) is 3. The van der Waals surface area contributed by atoms with Crippen LogP contribution in [0.1, 0.15) is 209 Å². The Morgan fingerprint density at radius 3 is 0.873 bits per heavy atom. The summed E-state index contributed by atoms with van der Waals surface area (Å²) in [6.07, 6.45) is 31.9. The summed E-state index contributed by atoms with van der Waals surface area (Å²) in [5.41, 5.74) is 4.00. The largest absolute Gasteiger partial charge is 0.288 e. The second kappa shape index (κ2) is 31.3. The monoisotopic (exact) mass is 937 g/mol. The zero-order valence-corrected chi connectivity index (χ0v) is 41.0. The molecular weight excluding hydrogens is 859 g/mol. The predicted octanol–water partition coefficient (Wildman–Crippen LogP) is 20.6. The minimum Gasteiger partial charge on any atom is -0.198 e. The maximum absolute atomic E-state index is 12.3. The molecule has 0 spiro atoms. The topological polar surface area (TPSA) is 0 Å². The van der Waals surface area contributed by atoms with Crippen LogP contribution in [0, 0.1) is 17.8 Å². The molecule has 354 valence electrons. The van der Waals surface area contributed by atoms with Crippen molar-refractivity contribution >= 4 is 35.3 Å². The van der Waals surface area contributed by atoms with Gasteiger partial charge in [0.2, 0.25) is 0 Å². The minimum atomic E-state index is -2.33. The molecule has 3 aromatic rings. The maximum atomic E-state index is 12.3. The fourth-order valence-corrected chi connectivity index (χ4v) is 11.7. The Kier molecular flexibility index (Phi) is 26.8. The highest BCUT2D eigenvalue weighted by Crippen LogP contribution is 2.41. The summed E-state index contributed by atoms with van der Waals surface area (Å²) in [4.78, 5) is 2.01. The molecule has 3 fully saturated rings. The fourth-order valence-electron chi connectivity index (χ4n) is 10.2. The van der Waals surface area contributed by atoms with Crippen molar-refractivity contribution in [1.29, 1.82) is 0 Å². The van der Waals surface area contributed by atoms with Crippen LogP contribution in [0.15, 0.2) is 87.5 Å². The van der Waals surface area contributed by atoms with Crippen molar-refractivity contribution < 1.29 is 26.3 Å². The molecule has 3 aromatic carbocycles. The Hall–Kier alpha value is -1.71. The van der Waals surface area contributed by atoms with E-state index in [9.17, 15) is 26.3 Å². The van der Waals surface area contributed by atoms with Gasteiger partial charge < -0.3 is 0 Å². The Bertz CT molecular complexity index is 1560. The number of unbranched alkanes of at least 4 members (excludes halogenated alkanes) is 6. The summed E-state index contributed by atoms with van der Waals surface area (Å²) in [6, 6.07) is 23.4. The summed E-state index contributed by atoms with van der Waals surface area (Å²) in [5.74, 6) is -2.31. The number of rotatable bonds is 21. The lowest BCUT2D eigenvalue weighted by Gasteiger charge is -2.29. The van der Waals surface area contributed by atoms with Gasteiger partial charge in [-0.15, -0.1) is 0 Å². The quantitative estimate of drug-likeness (QED) is 0.0593. The molecule has 0 atom stereocenters. The Balaban J connectivity index is 0.000000208. The number of alkyl halides is 6. The maximum Gasteiger partial charge on any atom is 0.288 e. The van der Waals surface area contributed by atoms with E-state index in [1.165, 1.54) is 171 Å². The molecule has 0 heterocycles. The van der Waals surface area contributed by atoms with Gasteiger partial charge in [-0.1, -0.05) is 170 Å². The summed E-state index contributed by atoms with van der Waals surface area (Å²) >= 11 is 1.90. The molecule has 6 rings (SSSR count). The number of benzene rings is 3. The lowest BCUT2D eigenvalue weighted by molar-refractivity contribution is 0.251. The van der Waals surface area contributed by atoms with Gasteiger partial charge in [0.05, 0.1) is 0 Å². The average Bonchev–Trinajstić information content (AvgIpc) is 3.29. The molecule has 0 radical (unpaired) electrons. The lowest BCUT2D eigenvalue weighted by atomic mass is 9.77. The standard InChI is InChI=1S/C19H28F2S.C18H26F2S.C17H24F2S/c1-2-3-4-5-6-15-7-9-16(10-8-15)17-11-13-18(14-12-17)22-19(20)21;1-2-3-4-5-14-6-8-15(9-7-14)16-10-12-17(13-11-16)21-18(19)20;1-2-3-4-13-5-7-14(8-6-13)15-9-11-16(12-10-15)20-17(18)19/h11-16,19H,2-10H2,1H3;10-15,18H,2-9H2,1H3;9-14,17H,2-8H2,1H3. The van der Waals surface area contributed by atoms with Gasteiger partial charge in [0.1, 0.15) is 0 Å². The molecule has 0 unspecified atom stereocenters. The van der Waals surface area contributed by atoms with E-state index in [2.05, 4.69) is 32.9 Å². The average molecular weight is 937 g/mol. The van der Waals surface area contributed by atoms with Gasteiger partial charge in [0, 0.05) is 14.7 Å².